The minimum absolute atomic E-state index is 0.160. The van der Waals surface area contributed by atoms with E-state index < -0.39 is 12.2 Å². The Bertz CT molecular complexity index is 359. The minimum Gasteiger partial charge on any atom is -0.317 e. The first-order valence-electron chi connectivity index (χ1n) is 5.46. The topological polar surface area (TPSA) is 12.0 Å². The molecule has 0 atom stereocenters. The van der Waals surface area contributed by atoms with E-state index in [1.165, 1.54) is 12.1 Å². The van der Waals surface area contributed by atoms with Crippen LogP contribution < -0.4 is 5.32 Å². The lowest BCUT2D eigenvalue weighted by Crippen LogP contribution is -2.27. The van der Waals surface area contributed by atoms with Gasteiger partial charge >= 0.3 is 0 Å². The van der Waals surface area contributed by atoms with Crippen molar-refractivity contribution in [1.82, 2.24) is 5.32 Å². The van der Waals surface area contributed by atoms with E-state index in [1.807, 2.05) is 0 Å². The summed E-state index contributed by atoms with van der Waals surface area (Å²) in [6.45, 7) is 1.72. The Kier molecular flexibility index (Phi) is 3.49. The van der Waals surface area contributed by atoms with Crippen molar-refractivity contribution in [1.29, 1.82) is 0 Å². The molecule has 1 aliphatic rings. The van der Waals surface area contributed by atoms with Crippen molar-refractivity contribution in [2.24, 2.45) is 0 Å². The Morgan fingerprint density at radius 3 is 2.44 bits per heavy atom. The van der Waals surface area contributed by atoms with Gasteiger partial charge in [0.2, 0.25) is 0 Å². The third-order valence-corrected chi connectivity index (χ3v) is 3.06. The second kappa shape index (κ2) is 4.87. The van der Waals surface area contributed by atoms with Gasteiger partial charge in [-0.2, -0.15) is 0 Å². The molecular weight excluding hydrogens is 215 g/mol. The molecule has 4 heteroatoms. The van der Waals surface area contributed by atoms with Gasteiger partial charge in [0, 0.05) is 5.56 Å². The molecule has 1 fully saturated rings. The van der Waals surface area contributed by atoms with Crippen molar-refractivity contribution < 1.29 is 13.2 Å². The van der Waals surface area contributed by atoms with Crippen molar-refractivity contribution >= 4 is 0 Å². The van der Waals surface area contributed by atoms with E-state index in [-0.39, 0.29) is 11.5 Å². The molecule has 0 amide bonds. The molecule has 0 spiro atoms. The summed E-state index contributed by atoms with van der Waals surface area (Å²) in [5, 5.41) is 3.19. The zero-order valence-electron chi connectivity index (χ0n) is 8.85. The monoisotopic (exact) mass is 229 g/mol. The summed E-state index contributed by atoms with van der Waals surface area (Å²) in [5.74, 6) is -0.335. The summed E-state index contributed by atoms with van der Waals surface area (Å²) >= 11 is 0. The smallest absolute Gasteiger partial charge is 0.263 e. The second-order valence-corrected chi connectivity index (χ2v) is 4.11. The first kappa shape index (κ1) is 11.5. The van der Waals surface area contributed by atoms with Gasteiger partial charge in [-0.1, -0.05) is 12.1 Å². The molecule has 1 saturated heterocycles. The van der Waals surface area contributed by atoms with Gasteiger partial charge in [-0.3, -0.25) is 0 Å². The Labute approximate surface area is 92.7 Å². The standard InChI is InChI=1S/C12H14F3N/c13-11-7-9(12(14)15)1-2-10(11)8-3-5-16-6-4-8/h1-2,7-8,12,16H,3-6H2. The number of benzene rings is 1. The van der Waals surface area contributed by atoms with Crippen molar-refractivity contribution in [3.8, 4) is 0 Å². The molecule has 0 aliphatic carbocycles. The molecule has 88 valence electrons. The van der Waals surface area contributed by atoms with Gasteiger partial charge in [0.25, 0.3) is 6.43 Å². The van der Waals surface area contributed by atoms with Crippen LogP contribution in [0.5, 0.6) is 0 Å². The molecular formula is C12H14F3N. The Morgan fingerprint density at radius 2 is 1.88 bits per heavy atom. The fraction of sp³-hybridized carbons (Fsp3) is 0.500. The van der Waals surface area contributed by atoms with Crippen LogP contribution in [0.1, 0.15) is 36.3 Å². The predicted octanol–water partition coefficient (Wildman–Crippen LogP) is 3.23. The molecule has 1 heterocycles. The molecule has 1 aliphatic heterocycles. The number of alkyl halides is 2. The van der Waals surface area contributed by atoms with Crippen LogP contribution in [0.4, 0.5) is 13.2 Å². The Hall–Kier alpha value is -1.03. The third kappa shape index (κ3) is 2.38. The van der Waals surface area contributed by atoms with Gasteiger partial charge in [0.1, 0.15) is 5.82 Å². The van der Waals surface area contributed by atoms with Gasteiger partial charge in [0.15, 0.2) is 0 Å². The van der Waals surface area contributed by atoms with Gasteiger partial charge in [-0.25, -0.2) is 13.2 Å². The summed E-state index contributed by atoms with van der Waals surface area (Å²) in [6.07, 6.45) is -0.868. The number of halogens is 3. The minimum atomic E-state index is -2.60. The van der Waals surface area contributed by atoms with E-state index >= 15 is 0 Å². The lowest BCUT2D eigenvalue weighted by Gasteiger charge is -2.23. The molecule has 0 radical (unpaired) electrons. The van der Waals surface area contributed by atoms with Crippen LogP contribution in [0.2, 0.25) is 0 Å². The predicted molar refractivity (Wildman–Crippen MR) is 56.2 cm³/mol. The highest BCUT2D eigenvalue weighted by Gasteiger charge is 2.19. The zero-order valence-corrected chi connectivity index (χ0v) is 8.85. The van der Waals surface area contributed by atoms with Crippen molar-refractivity contribution in [2.45, 2.75) is 25.2 Å². The Balaban J connectivity index is 2.21. The molecule has 0 unspecified atom stereocenters. The van der Waals surface area contributed by atoms with Crippen LogP contribution in [-0.4, -0.2) is 13.1 Å². The fourth-order valence-electron chi connectivity index (χ4n) is 2.14. The van der Waals surface area contributed by atoms with Gasteiger partial charge in [-0.15, -0.1) is 0 Å². The Morgan fingerprint density at radius 1 is 1.19 bits per heavy atom. The first-order chi connectivity index (χ1) is 7.68. The molecule has 16 heavy (non-hydrogen) atoms. The summed E-state index contributed by atoms with van der Waals surface area (Å²) in [7, 11) is 0. The number of hydrogen-bond donors (Lipinski definition) is 1. The lowest BCUT2D eigenvalue weighted by molar-refractivity contribution is 0.151. The number of rotatable bonds is 2. The van der Waals surface area contributed by atoms with Crippen LogP contribution in [0.15, 0.2) is 18.2 Å². The van der Waals surface area contributed by atoms with Crippen LogP contribution in [-0.2, 0) is 0 Å². The van der Waals surface area contributed by atoms with E-state index in [1.54, 1.807) is 0 Å². The van der Waals surface area contributed by atoms with Gasteiger partial charge < -0.3 is 5.32 Å². The normalized spacial score (nSPS) is 18.0. The van der Waals surface area contributed by atoms with Crippen LogP contribution >= 0.6 is 0 Å². The molecule has 2 rings (SSSR count). The van der Waals surface area contributed by atoms with E-state index in [0.717, 1.165) is 32.0 Å². The molecule has 0 saturated carbocycles. The highest BCUT2D eigenvalue weighted by atomic mass is 19.3. The SMILES string of the molecule is Fc1cc(C(F)F)ccc1C1CCNCC1. The highest BCUT2D eigenvalue weighted by molar-refractivity contribution is 5.28. The highest BCUT2D eigenvalue weighted by Crippen LogP contribution is 2.29. The molecule has 0 bridgehead atoms. The van der Waals surface area contributed by atoms with E-state index in [0.29, 0.717) is 5.56 Å². The number of piperidine rings is 1. The summed E-state index contributed by atoms with van der Waals surface area (Å²) in [4.78, 5) is 0. The molecule has 1 N–H and O–H groups in total. The summed E-state index contributed by atoms with van der Waals surface area (Å²) < 4.78 is 38.3. The maximum absolute atomic E-state index is 13.6. The second-order valence-electron chi connectivity index (χ2n) is 4.11. The third-order valence-electron chi connectivity index (χ3n) is 3.06. The van der Waals surface area contributed by atoms with Crippen molar-refractivity contribution in [2.75, 3.05) is 13.1 Å². The lowest BCUT2D eigenvalue weighted by atomic mass is 9.89. The fourth-order valence-corrected chi connectivity index (χ4v) is 2.14. The number of hydrogen-bond acceptors (Lipinski definition) is 1. The van der Waals surface area contributed by atoms with Crippen LogP contribution in [0.25, 0.3) is 0 Å². The average molecular weight is 229 g/mol. The quantitative estimate of drug-likeness (QED) is 0.821. The molecule has 1 aromatic carbocycles. The van der Waals surface area contributed by atoms with E-state index in [4.69, 9.17) is 0 Å². The van der Waals surface area contributed by atoms with Gasteiger partial charge in [0.05, 0.1) is 0 Å². The first-order valence-corrected chi connectivity index (χ1v) is 5.46. The van der Waals surface area contributed by atoms with Crippen molar-refractivity contribution in [3.05, 3.63) is 35.1 Å². The number of nitrogens with one attached hydrogen (secondary N) is 1. The maximum atomic E-state index is 13.6. The van der Waals surface area contributed by atoms with Gasteiger partial charge in [-0.05, 0) is 43.5 Å². The average Bonchev–Trinajstić information content (AvgIpc) is 2.30. The zero-order chi connectivity index (χ0) is 11.5. The van der Waals surface area contributed by atoms with E-state index in [9.17, 15) is 13.2 Å². The molecule has 1 aromatic rings. The summed E-state index contributed by atoms with van der Waals surface area (Å²) in [5.41, 5.74) is 0.334. The summed E-state index contributed by atoms with van der Waals surface area (Å²) in [6, 6.07) is 3.79. The van der Waals surface area contributed by atoms with Crippen LogP contribution in [0.3, 0.4) is 0 Å². The molecule has 1 nitrogen and oxygen atoms in total. The maximum Gasteiger partial charge on any atom is 0.263 e. The van der Waals surface area contributed by atoms with E-state index in [2.05, 4.69) is 5.32 Å². The largest absolute Gasteiger partial charge is 0.317 e. The molecule has 0 aromatic heterocycles. The van der Waals surface area contributed by atoms with Crippen LogP contribution in [0, 0.1) is 5.82 Å². The van der Waals surface area contributed by atoms with Crippen molar-refractivity contribution in [3.63, 3.8) is 0 Å².